The molecule has 25 heavy (non-hydrogen) atoms. The largest absolute Gasteiger partial charge is 0.485 e. The number of hydrogen-bond donors (Lipinski definition) is 2. The molecule has 0 bridgehead atoms. The summed E-state index contributed by atoms with van der Waals surface area (Å²) in [6.45, 7) is 4.55. The van der Waals surface area contributed by atoms with E-state index in [9.17, 15) is 9.18 Å². The van der Waals surface area contributed by atoms with Crippen LogP contribution in [0.15, 0.2) is 53.3 Å². The second-order valence-electron chi connectivity index (χ2n) is 5.84. The highest BCUT2D eigenvalue weighted by Gasteiger charge is 2.12. The molecule has 0 aliphatic rings. The third-order valence-electron chi connectivity index (χ3n) is 4.13. The van der Waals surface area contributed by atoms with Crippen molar-refractivity contribution in [2.75, 3.05) is 19.7 Å². The number of halogens is 1. The van der Waals surface area contributed by atoms with Gasteiger partial charge in [-0.05, 0) is 31.2 Å². The molecule has 0 aliphatic carbocycles. The van der Waals surface area contributed by atoms with Gasteiger partial charge in [0, 0.05) is 0 Å². The van der Waals surface area contributed by atoms with Crippen LogP contribution in [0.3, 0.4) is 0 Å². The number of hydrogen-bond acceptors (Lipinski definition) is 3. The monoisotopic (exact) mass is 342 g/mol. The van der Waals surface area contributed by atoms with Crippen molar-refractivity contribution in [2.45, 2.75) is 13.5 Å². The quantitative estimate of drug-likeness (QED) is 0.685. The number of rotatable bonds is 7. The van der Waals surface area contributed by atoms with Crippen molar-refractivity contribution >= 4 is 10.9 Å². The summed E-state index contributed by atoms with van der Waals surface area (Å²) in [7, 11) is 0. The topological polar surface area (TPSA) is 59.4 Å². The Morgan fingerprint density at radius 2 is 1.92 bits per heavy atom. The summed E-state index contributed by atoms with van der Waals surface area (Å²) >= 11 is 0. The smallest absolute Gasteiger partial charge is 0.258 e. The Kier molecular flexibility index (Phi) is 5.40. The molecule has 3 rings (SSSR count). The molecular formula is C19H21FN3O2+. The SMILES string of the molecule is CC[NH+](CCOc1ccccc1F)Cc1nc2ccccc2c(=O)[nH]1. The predicted molar refractivity (Wildman–Crippen MR) is 94.3 cm³/mol. The number of aromatic amines is 1. The number of fused-ring (bicyclic) bond motifs is 1. The van der Waals surface area contributed by atoms with E-state index in [4.69, 9.17) is 4.74 Å². The fourth-order valence-electron chi connectivity index (χ4n) is 2.71. The lowest BCUT2D eigenvalue weighted by Gasteiger charge is -2.17. The molecule has 1 unspecified atom stereocenters. The van der Waals surface area contributed by atoms with E-state index in [0.29, 0.717) is 36.4 Å². The van der Waals surface area contributed by atoms with Crippen LogP contribution in [-0.4, -0.2) is 29.7 Å². The number of quaternary nitrogens is 1. The van der Waals surface area contributed by atoms with Gasteiger partial charge in [0.05, 0.1) is 17.4 Å². The van der Waals surface area contributed by atoms with E-state index >= 15 is 0 Å². The van der Waals surface area contributed by atoms with Crippen LogP contribution >= 0.6 is 0 Å². The predicted octanol–water partition coefficient (Wildman–Crippen LogP) is 1.55. The normalized spacial score (nSPS) is 12.2. The van der Waals surface area contributed by atoms with Gasteiger partial charge in [0.25, 0.3) is 5.56 Å². The Balaban J connectivity index is 1.64. The minimum Gasteiger partial charge on any atom is -0.485 e. The van der Waals surface area contributed by atoms with E-state index in [1.54, 1.807) is 24.3 Å². The average molecular weight is 342 g/mol. The molecule has 1 atom stereocenters. The van der Waals surface area contributed by atoms with Crippen molar-refractivity contribution in [1.29, 1.82) is 0 Å². The van der Waals surface area contributed by atoms with Gasteiger partial charge in [-0.25, -0.2) is 9.37 Å². The Morgan fingerprint density at radius 3 is 2.72 bits per heavy atom. The van der Waals surface area contributed by atoms with Crippen molar-refractivity contribution in [3.05, 3.63) is 70.5 Å². The van der Waals surface area contributed by atoms with Crippen LogP contribution in [0.5, 0.6) is 5.75 Å². The van der Waals surface area contributed by atoms with Crippen molar-refractivity contribution in [3.8, 4) is 5.75 Å². The number of aromatic nitrogens is 2. The highest BCUT2D eigenvalue weighted by molar-refractivity contribution is 5.77. The summed E-state index contributed by atoms with van der Waals surface area (Å²) in [6, 6.07) is 13.7. The second-order valence-corrected chi connectivity index (χ2v) is 5.84. The first-order valence-corrected chi connectivity index (χ1v) is 8.36. The first-order valence-electron chi connectivity index (χ1n) is 8.36. The lowest BCUT2D eigenvalue weighted by atomic mass is 10.2. The molecule has 1 aromatic heterocycles. The maximum Gasteiger partial charge on any atom is 0.258 e. The Labute approximate surface area is 145 Å². The molecule has 0 saturated carbocycles. The summed E-state index contributed by atoms with van der Waals surface area (Å²) in [5.41, 5.74) is 0.568. The molecular weight excluding hydrogens is 321 g/mol. The number of para-hydroxylation sites is 2. The fraction of sp³-hybridized carbons (Fsp3) is 0.263. The summed E-state index contributed by atoms with van der Waals surface area (Å²) < 4.78 is 19.1. The number of benzene rings is 2. The molecule has 0 fully saturated rings. The van der Waals surface area contributed by atoms with Gasteiger partial charge in [0.2, 0.25) is 0 Å². The molecule has 5 nitrogen and oxygen atoms in total. The molecule has 0 spiro atoms. The second kappa shape index (κ2) is 7.90. The molecule has 0 radical (unpaired) electrons. The molecule has 1 heterocycles. The molecule has 0 amide bonds. The molecule has 2 N–H and O–H groups in total. The number of ether oxygens (including phenoxy) is 1. The minimum absolute atomic E-state index is 0.126. The minimum atomic E-state index is -0.360. The average Bonchev–Trinajstić information content (AvgIpc) is 2.62. The van der Waals surface area contributed by atoms with Crippen LogP contribution in [0.4, 0.5) is 4.39 Å². The summed E-state index contributed by atoms with van der Waals surface area (Å²) in [5.74, 6) is 0.544. The van der Waals surface area contributed by atoms with Gasteiger partial charge in [0.15, 0.2) is 17.4 Å². The number of H-pyrrole nitrogens is 1. The molecule has 130 valence electrons. The Hall–Kier alpha value is -2.73. The lowest BCUT2D eigenvalue weighted by Crippen LogP contribution is -3.11. The van der Waals surface area contributed by atoms with Gasteiger partial charge in [-0.15, -0.1) is 0 Å². The lowest BCUT2D eigenvalue weighted by molar-refractivity contribution is -0.912. The van der Waals surface area contributed by atoms with Crippen LogP contribution in [0, 0.1) is 5.82 Å². The van der Waals surface area contributed by atoms with E-state index in [1.807, 2.05) is 18.2 Å². The summed E-state index contributed by atoms with van der Waals surface area (Å²) in [4.78, 5) is 20.7. The zero-order valence-electron chi connectivity index (χ0n) is 14.1. The van der Waals surface area contributed by atoms with E-state index in [-0.39, 0.29) is 17.1 Å². The molecule has 0 aliphatic heterocycles. The Bertz CT molecular complexity index is 910. The van der Waals surface area contributed by atoms with E-state index in [1.165, 1.54) is 11.0 Å². The zero-order valence-corrected chi connectivity index (χ0v) is 14.1. The van der Waals surface area contributed by atoms with Gasteiger partial charge < -0.3 is 14.6 Å². The number of likely N-dealkylation sites (N-methyl/N-ethyl adjacent to an activating group) is 1. The van der Waals surface area contributed by atoms with Gasteiger partial charge in [-0.1, -0.05) is 24.3 Å². The van der Waals surface area contributed by atoms with Crippen molar-refractivity contribution in [3.63, 3.8) is 0 Å². The zero-order chi connectivity index (χ0) is 17.6. The summed E-state index contributed by atoms with van der Waals surface area (Å²) in [6.07, 6.45) is 0. The fourth-order valence-corrected chi connectivity index (χ4v) is 2.71. The van der Waals surface area contributed by atoms with E-state index in [2.05, 4.69) is 16.9 Å². The highest BCUT2D eigenvalue weighted by atomic mass is 19.1. The molecule has 6 heteroatoms. The third-order valence-corrected chi connectivity index (χ3v) is 4.13. The number of nitrogens with zero attached hydrogens (tertiary/aromatic N) is 1. The van der Waals surface area contributed by atoms with Crippen molar-refractivity contribution in [2.24, 2.45) is 0 Å². The van der Waals surface area contributed by atoms with Gasteiger partial charge in [-0.2, -0.15) is 0 Å². The highest BCUT2D eigenvalue weighted by Crippen LogP contribution is 2.14. The molecule has 2 aromatic carbocycles. The van der Waals surface area contributed by atoms with Crippen LogP contribution in [0.25, 0.3) is 10.9 Å². The van der Waals surface area contributed by atoms with Crippen LogP contribution < -0.4 is 15.2 Å². The number of nitrogens with one attached hydrogen (secondary N) is 2. The van der Waals surface area contributed by atoms with Crippen molar-refractivity contribution in [1.82, 2.24) is 9.97 Å². The summed E-state index contributed by atoms with van der Waals surface area (Å²) in [5, 5.41) is 0.590. The van der Waals surface area contributed by atoms with Crippen LogP contribution in [-0.2, 0) is 6.54 Å². The van der Waals surface area contributed by atoms with Crippen molar-refractivity contribution < 1.29 is 14.0 Å². The molecule has 3 aromatic rings. The maximum absolute atomic E-state index is 13.6. The van der Waals surface area contributed by atoms with E-state index < -0.39 is 0 Å². The van der Waals surface area contributed by atoms with E-state index in [0.717, 1.165) is 6.54 Å². The third kappa shape index (κ3) is 4.22. The van der Waals surface area contributed by atoms with Crippen LogP contribution in [0.2, 0.25) is 0 Å². The standard InChI is InChI=1S/C19H20FN3O2/c1-2-23(11-12-25-17-10-6-4-8-15(17)20)13-18-21-16-9-5-3-7-14(16)19(24)22-18/h3-10H,2,11-13H2,1H3,(H,21,22,24)/p+1. The van der Waals surface area contributed by atoms with Gasteiger partial charge in [0.1, 0.15) is 19.7 Å². The maximum atomic E-state index is 13.6. The molecule has 0 saturated heterocycles. The Morgan fingerprint density at radius 1 is 1.16 bits per heavy atom. The first-order chi connectivity index (χ1) is 12.2. The first kappa shape index (κ1) is 17.1. The van der Waals surface area contributed by atoms with Gasteiger partial charge in [-0.3, -0.25) is 4.79 Å². The van der Waals surface area contributed by atoms with Gasteiger partial charge >= 0.3 is 0 Å². The van der Waals surface area contributed by atoms with Crippen LogP contribution in [0.1, 0.15) is 12.7 Å².